The van der Waals surface area contributed by atoms with Crippen LogP contribution >= 0.6 is 0 Å². The number of aryl methyl sites for hydroxylation is 1. The quantitative estimate of drug-likeness (QED) is 0.844. The van der Waals surface area contributed by atoms with E-state index in [0.717, 1.165) is 18.1 Å². The second-order valence-electron chi connectivity index (χ2n) is 4.36. The molecule has 0 aliphatic rings. The fourth-order valence-electron chi connectivity index (χ4n) is 1.74. The predicted molar refractivity (Wildman–Crippen MR) is 80.6 cm³/mol. The minimum Gasteiger partial charge on any atom is -0.437 e. The van der Waals surface area contributed by atoms with Crippen LogP contribution in [0.5, 0.6) is 11.6 Å². The number of nitrogens with zero attached hydrogens (tertiary/aromatic N) is 3. The number of rotatable bonds is 7. The van der Waals surface area contributed by atoms with Crippen LogP contribution in [0.15, 0.2) is 24.4 Å². The van der Waals surface area contributed by atoms with Crippen LogP contribution in [0.25, 0.3) is 0 Å². The van der Waals surface area contributed by atoms with E-state index in [0.29, 0.717) is 30.7 Å². The van der Waals surface area contributed by atoms with Gasteiger partial charge in [0.05, 0.1) is 5.69 Å². The Balaban J connectivity index is 2.24. The van der Waals surface area contributed by atoms with Crippen molar-refractivity contribution in [2.45, 2.75) is 27.4 Å². The van der Waals surface area contributed by atoms with Gasteiger partial charge in [0.1, 0.15) is 12.4 Å². The second-order valence-corrected chi connectivity index (χ2v) is 4.36. The monoisotopic (exact) mass is 288 g/mol. The summed E-state index contributed by atoms with van der Waals surface area (Å²) < 4.78 is 11.2. The van der Waals surface area contributed by atoms with Crippen molar-refractivity contribution in [3.63, 3.8) is 0 Å². The summed E-state index contributed by atoms with van der Waals surface area (Å²) in [5.41, 5.74) is 0.812. The van der Waals surface area contributed by atoms with Gasteiger partial charge < -0.3 is 14.8 Å². The summed E-state index contributed by atoms with van der Waals surface area (Å²) in [5, 5.41) is 3.16. The Kier molecular flexibility index (Phi) is 5.45. The Bertz CT molecular complexity index is 590. The zero-order valence-corrected chi connectivity index (χ0v) is 12.6. The first-order chi connectivity index (χ1) is 10.2. The average molecular weight is 288 g/mol. The summed E-state index contributed by atoms with van der Waals surface area (Å²) in [4.78, 5) is 12.9. The SMILES string of the molecule is CCNc1cc(Oc2cccnc2C)nc(COCC)n1. The van der Waals surface area contributed by atoms with Gasteiger partial charge in [-0.3, -0.25) is 4.98 Å². The van der Waals surface area contributed by atoms with E-state index >= 15 is 0 Å². The Labute approximate surface area is 124 Å². The van der Waals surface area contributed by atoms with Gasteiger partial charge in [0.2, 0.25) is 5.88 Å². The molecule has 2 rings (SSSR count). The molecule has 0 spiro atoms. The molecule has 6 heteroatoms. The topological polar surface area (TPSA) is 69.2 Å². The van der Waals surface area contributed by atoms with Crippen LogP contribution < -0.4 is 10.1 Å². The minimum atomic E-state index is 0.359. The molecule has 0 atom stereocenters. The molecule has 21 heavy (non-hydrogen) atoms. The van der Waals surface area contributed by atoms with Crippen LogP contribution in [0.2, 0.25) is 0 Å². The highest BCUT2D eigenvalue weighted by molar-refractivity contribution is 5.40. The Morgan fingerprint density at radius 1 is 1.24 bits per heavy atom. The molecule has 0 fully saturated rings. The van der Waals surface area contributed by atoms with Gasteiger partial charge in [-0.1, -0.05) is 0 Å². The van der Waals surface area contributed by atoms with Gasteiger partial charge >= 0.3 is 0 Å². The Hall–Kier alpha value is -2.21. The molecule has 112 valence electrons. The lowest BCUT2D eigenvalue weighted by atomic mass is 10.3. The Morgan fingerprint density at radius 2 is 2.10 bits per heavy atom. The Morgan fingerprint density at radius 3 is 2.81 bits per heavy atom. The standard InChI is InChI=1S/C15H20N4O2/c1-4-16-13-9-15(19-14(18-13)10-20-5-2)21-12-7-6-8-17-11(12)3/h6-9H,4-5,10H2,1-3H3,(H,16,18,19). The molecule has 1 N–H and O–H groups in total. The van der Waals surface area contributed by atoms with Crippen LogP contribution in [0.1, 0.15) is 25.4 Å². The van der Waals surface area contributed by atoms with Crippen molar-refractivity contribution >= 4 is 5.82 Å². The van der Waals surface area contributed by atoms with Gasteiger partial charge in [0.15, 0.2) is 11.6 Å². The second kappa shape index (κ2) is 7.54. The zero-order valence-electron chi connectivity index (χ0n) is 12.6. The fourth-order valence-corrected chi connectivity index (χ4v) is 1.74. The molecule has 0 aromatic carbocycles. The van der Waals surface area contributed by atoms with Crippen molar-refractivity contribution in [2.24, 2.45) is 0 Å². The van der Waals surface area contributed by atoms with Gasteiger partial charge in [-0.15, -0.1) is 0 Å². The maximum absolute atomic E-state index is 5.81. The summed E-state index contributed by atoms with van der Waals surface area (Å²) in [6, 6.07) is 5.46. The number of hydrogen-bond acceptors (Lipinski definition) is 6. The van der Waals surface area contributed by atoms with Crippen molar-refractivity contribution in [3.05, 3.63) is 35.9 Å². The molecule has 0 aliphatic heterocycles. The smallest absolute Gasteiger partial charge is 0.224 e. The van der Waals surface area contributed by atoms with E-state index in [9.17, 15) is 0 Å². The largest absolute Gasteiger partial charge is 0.437 e. The summed E-state index contributed by atoms with van der Waals surface area (Å²) in [5.74, 6) is 2.47. The van der Waals surface area contributed by atoms with E-state index < -0.39 is 0 Å². The lowest BCUT2D eigenvalue weighted by Crippen LogP contribution is -2.06. The van der Waals surface area contributed by atoms with Gasteiger partial charge in [-0.2, -0.15) is 4.98 Å². The first-order valence-electron chi connectivity index (χ1n) is 7.02. The van der Waals surface area contributed by atoms with E-state index in [1.54, 1.807) is 12.3 Å². The van der Waals surface area contributed by atoms with E-state index in [2.05, 4.69) is 20.3 Å². The summed E-state index contributed by atoms with van der Waals surface area (Å²) >= 11 is 0. The van der Waals surface area contributed by atoms with E-state index in [-0.39, 0.29) is 0 Å². The first kappa shape index (κ1) is 15.2. The lowest BCUT2D eigenvalue weighted by molar-refractivity contribution is 0.128. The van der Waals surface area contributed by atoms with E-state index in [1.165, 1.54) is 0 Å². The molecule has 2 aromatic rings. The highest BCUT2D eigenvalue weighted by Gasteiger charge is 2.08. The summed E-state index contributed by atoms with van der Waals surface area (Å²) in [7, 11) is 0. The van der Waals surface area contributed by atoms with E-state index in [1.807, 2.05) is 32.9 Å². The van der Waals surface area contributed by atoms with Gasteiger partial charge in [0, 0.05) is 25.4 Å². The molecule has 0 saturated heterocycles. The summed E-state index contributed by atoms with van der Waals surface area (Å²) in [6.07, 6.45) is 1.73. The fraction of sp³-hybridized carbons (Fsp3) is 0.400. The molecular formula is C15H20N4O2. The van der Waals surface area contributed by atoms with Gasteiger partial charge in [-0.05, 0) is 32.9 Å². The third-order valence-corrected chi connectivity index (χ3v) is 2.72. The molecule has 0 saturated carbocycles. The number of hydrogen-bond donors (Lipinski definition) is 1. The molecule has 0 amide bonds. The highest BCUT2D eigenvalue weighted by atomic mass is 16.5. The lowest BCUT2D eigenvalue weighted by Gasteiger charge is -2.11. The molecule has 6 nitrogen and oxygen atoms in total. The minimum absolute atomic E-state index is 0.359. The van der Waals surface area contributed by atoms with E-state index in [4.69, 9.17) is 9.47 Å². The maximum Gasteiger partial charge on any atom is 0.224 e. The van der Waals surface area contributed by atoms with Crippen molar-refractivity contribution in [1.29, 1.82) is 0 Å². The average Bonchev–Trinajstić information content (AvgIpc) is 2.48. The normalized spacial score (nSPS) is 10.4. The number of anilines is 1. The first-order valence-corrected chi connectivity index (χ1v) is 7.02. The summed E-state index contributed by atoms with van der Waals surface area (Å²) in [6.45, 7) is 7.59. The molecular weight excluding hydrogens is 268 g/mol. The third kappa shape index (κ3) is 4.39. The van der Waals surface area contributed by atoms with Crippen molar-refractivity contribution < 1.29 is 9.47 Å². The van der Waals surface area contributed by atoms with Crippen LogP contribution in [0.3, 0.4) is 0 Å². The molecule has 2 heterocycles. The zero-order chi connectivity index (χ0) is 15.1. The third-order valence-electron chi connectivity index (χ3n) is 2.72. The van der Waals surface area contributed by atoms with Crippen LogP contribution in [-0.2, 0) is 11.3 Å². The van der Waals surface area contributed by atoms with Crippen LogP contribution in [-0.4, -0.2) is 28.1 Å². The molecule has 0 radical (unpaired) electrons. The maximum atomic E-state index is 5.81. The predicted octanol–water partition coefficient (Wildman–Crippen LogP) is 2.94. The van der Waals surface area contributed by atoms with Crippen molar-refractivity contribution in [1.82, 2.24) is 15.0 Å². The van der Waals surface area contributed by atoms with Gasteiger partial charge in [-0.25, -0.2) is 4.98 Å². The number of aromatic nitrogens is 3. The molecule has 2 aromatic heterocycles. The molecule has 0 aliphatic carbocycles. The highest BCUT2D eigenvalue weighted by Crippen LogP contribution is 2.23. The van der Waals surface area contributed by atoms with Crippen molar-refractivity contribution in [3.8, 4) is 11.6 Å². The number of pyridine rings is 1. The van der Waals surface area contributed by atoms with Crippen LogP contribution in [0.4, 0.5) is 5.82 Å². The number of ether oxygens (including phenoxy) is 2. The number of nitrogens with one attached hydrogen (secondary N) is 1. The van der Waals surface area contributed by atoms with Crippen molar-refractivity contribution in [2.75, 3.05) is 18.5 Å². The van der Waals surface area contributed by atoms with Gasteiger partial charge in [0.25, 0.3) is 0 Å². The molecule has 0 bridgehead atoms. The van der Waals surface area contributed by atoms with Crippen LogP contribution in [0, 0.1) is 6.92 Å². The molecule has 0 unspecified atom stereocenters.